The minimum atomic E-state index is 0. The van der Waals surface area contributed by atoms with Crippen LogP contribution < -0.4 is 0 Å². The van der Waals surface area contributed by atoms with E-state index >= 15 is 0 Å². The van der Waals surface area contributed by atoms with E-state index in [4.69, 9.17) is 32.7 Å². The summed E-state index contributed by atoms with van der Waals surface area (Å²) in [7, 11) is 7.04. The Morgan fingerprint density at radius 3 is 0.967 bits per heavy atom. The van der Waals surface area contributed by atoms with Gasteiger partial charge in [0.25, 0.3) is 0 Å². The summed E-state index contributed by atoms with van der Waals surface area (Å²) in [6.45, 7) is 14.8. The molecular weight excluding hydrogens is 759 g/mol. The van der Waals surface area contributed by atoms with Gasteiger partial charge in [-0.3, -0.25) is 0 Å². The second-order valence-electron chi connectivity index (χ2n) is 16.6. The minimum Gasteiger partial charge on any atom is -0.396 e. The van der Waals surface area contributed by atoms with Gasteiger partial charge in [-0.1, -0.05) is 215 Å². The van der Waals surface area contributed by atoms with Crippen LogP contribution in [0.1, 0.15) is 261 Å². The minimum absolute atomic E-state index is 0. The van der Waals surface area contributed by atoms with Crippen LogP contribution in [0.2, 0.25) is 6.32 Å². The molecule has 0 heterocycles. The number of aliphatic hydroxyl groups excluding tert-OH is 3. The molecule has 0 amide bonds. The van der Waals surface area contributed by atoms with Crippen molar-refractivity contribution in [3.05, 3.63) is 24.3 Å². The van der Waals surface area contributed by atoms with E-state index in [1.54, 1.807) is 13.4 Å². The van der Waals surface area contributed by atoms with Crippen molar-refractivity contribution in [3.8, 4) is 0 Å². The second kappa shape index (κ2) is 82.1. The first-order valence-corrected chi connectivity index (χ1v) is 25.3. The van der Waals surface area contributed by atoms with Crippen molar-refractivity contribution in [2.75, 3.05) is 39.8 Å². The molecule has 3 N–H and O–H groups in total. The topological polar surface area (TPSA) is 87.0 Å². The number of hydrogen-bond acceptors (Lipinski definition) is 6. The van der Waals surface area contributed by atoms with Crippen LogP contribution in [0.5, 0.6) is 0 Å². The molecule has 0 aliphatic rings. The average Bonchev–Trinajstić information content (AvgIpc) is 3.22. The van der Waals surface area contributed by atoms with Gasteiger partial charge in [-0.15, -0.1) is 0 Å². The molecule has 0 aliphatic heterocycles. The van der Waals surface area contributed by atoms with E-state index in [0.717, 1.165) is 51.5 Å². The maximum atomic E-state index is 8.66. The van der Waals surface area contributed by atoms with Crippen molar-refractivity contribution in [1.29, 1.82) is 0 Å². The molecule has 366 valence electrons. The van der Waals surface area contributed by atoms with Crippen LogP contribution in [0.15, 0.2) is 24.3 Å². The zero-order chi connectivity index (χ0) is 44.9. The first-order valence-electron chi connectivity index (χ1n) is 24.4. The summed E-state index contributed by atoms with van der Waals surface area (Å²) in [6, 6.07) is 0. The number of aliphatic hydroxyl groups is 3. The van der Waals surface area contributed by atoms with Crippen molar-refractivity contribution in [2.24, 2.45) is 5.41 Å². The van der Waals surface area contributed by atoms with Crippen molar-refractivity contribution in [1.82, 2.24) is 0 Å². The third-order valence-electron chi connectivity index (χ3n) is 9.50. The number of hydrogen-bond donors (Lipinski definition) is 4. The third-order valence-corrected chi connectivity index (χ3v) is 9.50. The van der Waals surface area contributed by atoms with Gasteiger partial charge in [0, 0.05) is 33.5 Å². The number of ether oxygens (including phenoxy) is 1. The Kier molecular flexibility index (Phi) is 105. The summed E-state index contributed by atoms with van der Waals surface area (Å²) in [5.41, 5.74) is 0.300. The van der Waals surface area contributed by atoms with Gasteiger partial charge in [-0.25, -0.2) is 0 Å². The molecule has 0 saturated carbocycles. The molecule has 0 atom stereocenters. The summed E-state index contributed by atoms with van der Waals surface area (Å²) in [5, 5.41) is 25.4. The molecule has 60 heavy (non-hydrogen) atoms. The first-order chi connectivity index (χ1) is 28.3. The van der Waals surface area contributed by atoms with E-state index in [2.05, 4.69) is 71.6 Å². The van der Waals surface area contributed by atoms with Gasteiger partial charge in [0.05, 0.1) is 7.85 Å². The van der Waals surface area contributed by atoms with Gasteiger partial charge in [-0.05, 0) is 88.7 Å². The fourth-order valence-corrected chi connectivity index (χ4v) is 5.80. The predicted molar refractivity (Wildman–Crippen MR) is 281 cm³/mol. The SMILES string of the molecule is C.C.C=O.CC(C)(C)CCO.CCCCCCCC/C=C\CCCCCCCCO.CCCCCCCC/C=C\CCCCCCCCOC.CS.[B]CCCCCCO. The summed E-state index contributed by atoms with van der Waals surface area (Å²) >= 11 is 3.53. The van der Waals surface area contributed by atoms with E-state index in [9.17, 15) is 0 Å². The summed E-state index contributed by atoms with van der Waals surface area (Å²) < 4.78 is 5.05. The number of thiol groups is 1. The maximum absolute atomic E-state index is 8.66. The number of unbranched alkanes of at least 4 members (excludes halogenated alkanes) is 27. The Labute approximate surface area is 387 Å². The van der Waals surface area contributed by atoms with Crippen LogP contribution in [0, 0.1) is 5.41 Å². The number of allylic oxidation sites excluding steroid dienone is 4. The quantitative estimate of drug-likeness (QED) is 0.0216. The molecule has 0 saturated heterocycles. The Bertz CT molecular complexity index is 666. The van der Waals surface area contributed by atoms with Crippen molar-refractivity contribution in [2.45, 2.75) is 268 Å². The lowest BCUT2D eigenvalue weighted by Gasteiger charge is -2.14. The molecular formula is C53H115BO5S. The largest absolute Gasteiger partial charge is 0.396 e. The fourth-order valence-electron chi connectivity index (χ4n) is 5.80. The third kappa shape index (κ3) is 107. The smallest absolute Gasteiger partial charge is 0.106 e. The lowest BCUT2D eigenvalue weighted by Crippen LogP contribution is -2.06. The number of methoxy groups -OCH3 is 1. The highest BCUT2D eigenvalue weighted by Crippen LogP contribution is 2.16. The highest BCUT2D eigenvalue weighted by atomic mass is 32.1. The Hall–Kier alpha value is -0.595. The van der Waals surface area contributed by atoms with Crippen molar-refractivity contribution >= 4 is 27.3 Å². The zero-order valence-corrected chi connectivity index (χ0v) is 41.5. The fraction of sp³-hybridized carbons (Fsp3) is 0.906. The van der Waals surface area contributed by atoms with Crippen molar-refractivity contribution in [3.63, 3.8) is 0 Å². The molecule has 0 spiro atoms. The Balaban J connectivity index is -0.000000104. The highest BCUT2D eigenvalue weighted by Gasteiger charge is 2.07. The molecule has 0 fully saturated rings. The Morgan fingerprint density at radius 1 is 0.467 bits per heavy atom. The molecule has 2 radical (unpaired) electrons. The molecule has 0 bridgehead atoms. The summed E-state index contributed by atoms with van der Waals surface area (Å²) in [5.74, 6) is 0. The number of carbonyl (C=O) groups excluding carboxylic acids is 1. The van der Waals surface area contributed by atoms with Crippen LogP contribution in [0.4, 0.5) is 0 Å². The van der Waals surface area contributed by atoms with E-state index in [1.165, 1.54) is 173 Å². The van der Waals surface area contributed by atoms with Gasteiger partial charge >= 0.3 is 0 Å². The number of rotatable bonds is 37. The molecule has 0 aromatic rings. The van der Waals surface area contributed by atoms with Crippen LogP contribution in [-0.4, -0.2) is 69.7 Å². The van der Waals surface area contributed by atoms with E-state index in [-0.39, 0.29) is 14.9 Å². The lowest BCUT2D eigenvalue weighted by molar-refractivity contribution is -0.0980. The molecule has 0 aliphatic carbocycles. The van der Waals surface area contributed by atoms with Crippen LogP contribution in [-0.2, 0) is 9.53 Å². The van der Waals surface area contributed by atoms with E-state index in [1.807, 2.05) is 6.79 Å². The zero-order valence-electron chi connectivity index (χ0n) is 40.6. The number of carbonyl (C=O) groups is 1. The average molecular weight is 875 g/mol. The highest BCUT2D eigenvalue weighted by molar-refractivity contribution is 7.79. The van der Waals surface area contributed by atoms with Gasteiger partial charge < -0.3 is 24.9 Å². The maximum Gasteiger partial charge on any atom is 0.106 e. The lowest BCUT2D eigenvalue weighted by atomic mass is 9.93. The van der Waals surface area contributed by atoms with Crippen LogP contribution in [0.3, 0.4) is 0 Å². The monoisotopic (exact) mass is 875 g/mol. The predicted octanol–water partition coefficient (Wildman–Crippen LogP) is 16.9. The van der Waals surface area contributed by atoms with Gasteiger partial charge in [0.15, 0.2) is 0 Å². The Morgan fingerprint density at radius 2 is 0.733 bits per heavy atom. The molecule has 0 aromatic heterocycles. The van der Waals surface area contributed by atoms with Gasteiger partial charge in [-0.2, -0.15) is 12.6 Å². The molecule has 0 aromatic carbocycles. The summed E-state index contributed by atoms with van der Waals surface area (Å²) in [6.07, 6.45) is 54.8. The first kappa shape index (κ1) is 76.7. The second-order valence-corrected chi connectivity index (χ2v) is 16.6. The molecule has 0 unspecified atom stereocenters. The normalized spacial score (nSPS) is 10.3. The van der Waals surface area contributed by atoms with Crippen LogP contribution in [0.25, 0.3) is 0 Å². The van der Waals surface area contributed by atoms with Gasteiger partial charge in [0.2, 0.25) is 0 Å². The summed E-state index contributed by atoms with van der Waals surface area (Å²) in [4.78, 5) is 8.00. The molecule has 5 nitrogen and oxygen atoms in total. The van der Waals surface area contributed by atoms with E-state index < -0.39 is 0 Å². The molecule has 7 heteroatoms. The van der Waals surface area contributed by atoms with E-state index in [0.29, 0.717) is 25.2 Å². The van der Waals surface area contributed by atoms with Crippen LogP contribution >= 0.6 is 12.6 Å². The van der Waals surface area contributed by atoms with Crippen molar-refractivity contribution < 1.29 is 24.9 Å². The standard InChI is InChI=1S/C19H38O.C18H36O.C6H13BO.C6H14O.CH2O.CH4S.2CH4/c1-3-4-5-6-7-8-9-10-11-12-13-14-15-16-17-18-19-20-2;1-2-3-4-5-6-7-8-9-10-11-12-13-14-15-16-17-18-19;7-5-3-1-2-4-6-8;1-6(2,3)4-5-7;2*1-2;;/h10-11H,3-9,12-19H2,1-2H3;9-10,19H,2-8,11-18H2,1H3;8H,1-6H2;7H,4-5H2,1-3H3;1H2;2H,1H3;2*1H4/b11-10-;10-9-;;;;;;. The molecule has 0 rings (SSSR count). The van der Waals surface area contributed by atoms with Gasteiger partial charge in [0.1, 0.15) is 6.79 Å².